The lowest BCUT2D eigenvalue weighted by molar-refractivity contribution is -0.157. The second kappa shape index (κ2) is 4.86. The molecule has 0 bridgehead atoms. The molecule has 1 heterocycles. The van der Waals surface area contributed by atoms with E-state index in [2.05, 4.69) is 13.8 Å². The number of ether oxygens (including phenoxy) is 2. The van der Waals surface area contributed by atoms with Gasteiger partial charge in [-0.3, -0.25) is 0 Å². The first-order chi connectivity index (χ1) is 7.27. The Balaban J connectivity index is 2.52. The first-order valence-electron chi connectivity index (χ1n) is 5.91. The molecule has 0 aliphatic carbocycles. The van der Waals surface area contributed by atoms with Crippen molar-refractivity contribution >= 4 is 0 Å². The minimum absolute atomic E-state index is 0.114. The summed E-state index contributed by atoms with van der Waals surface area (Å²) < 4.78 is 11.7. The SMILES string of the molecule is C/C(=C\CO)CCC1OC(C)(C)OC1(C)C. The summed E-state index contributed by atoms with van der Waals surface area (Å²) in [4.78, 5) is 0. The van der Waals surface area contributed by atoms with Crippen LogP contribution >= 0.6 is 0 Å². The Morgan fingerprint density at radius 2 is 1.94 bits per heavy atom. The molecule has 0 aromatic rings. The number of aliphatic hydroxyl groups is 1. The first-order valence-corrected chi connectivity index (χ1v) is 5.91. The van der Waals surface area contributed by atoms with Crippen LogP contribution in [0, 0.1) is 0 Å². The molecular formula is C13H24O3. The van der Waals surface area contributed by atoms with E-state index in [4.69, 9.17) is 14.6 Å². The Kier molecular flexibility index (Phi) is 4.16. The molecule has 1 aliphatic heterocycles. The Labute approximate surface area is 98.4 Å². The molecule has 0 amide bonds. The molecule has 1 aliphatic rings. The summed E-state index contributed by atoms with van der Waals surface area (Å²) in [5, 5.41) is 8.78. The lowest BCUT2D eigenvalue weighted by Gasteiger charge is -2.23. The molecule has 0 spiro atoms. The molecule has 0 radical (unpaired) electrons. The second-order valence-electron chi connectivity index (χ2n) is 5.48. The van der Waals surface area contributed by atoms with Crippen molar-refractivity contribution in [1.82, 2.24) is 0 Å². The number of rotatable bonds is 4. The molecule has 0 aromatic carbocycles. The van der Waals surface area contributed by atoms with Crippen molar-refractivity contribution in [3.8, 4) is 0 Å². The summed E-state index contributed by atoms with van der Waals surface area (Å²) in [6.45, 7) is 10.2. The van der Waals surface area contributed by atoms with Crippen molar-refractivity contribution in [2.45, 2.75) is 65.0 Å². The highest BCUT2D eigenvalue weighted by Crippen LogP contribution is 2.38. The van der Waals surface area contributed by atoms with Crippen LogP contribution in [0.2, 0.25) is 0 Å². The Hall–Kier alpha value is -0.380. The van der Waals surface area contributed by atoms with Gasteiger partial charge in [-0.1, -0.05) is 11.6 Å². The highest BCUT2D eigenvalue weighted by Gasteiger charge is 2.46. The molecule has 1 saturated heterocycles. The molecule has 1 atom stereocenters. The molecule has 16 heavy (non-hydrogen) atoms. The lowest BCUT2D eigenvalue weighted by Crippen LogP contribution is -2.33. The van der Waals surface area contributed by atoms with Crippen LogP contribution in [0.15, 0.2) is 11.6 Å². The van der Waals surface area contributed by atoms with Gasteiger partial charge in [0.2, 0.25) is 0 Å². The van der Waals surface area contributed by atoms with Gasteiger partial charge < -0.3 is 14.6 Å². The maximum Gasteiger partial charge on any atom is 0.164 e. The van der Waals surface area contributed by atoms with Crippen molar-refractivity contribution in [2.24, 2.45) is 0 Å². The summed E-state index contributed by atoms with van der Waals surface area (Å²) >= 11 is 0. The van der Waals surface area contributed by atoms with Gasteiger partial charge in [-0.2, -0.15) is 0 Å². The number of hydrogen-bond donors (Lipinski definition) is 1. The van der Waals surface area contributed by atoms with Crippen LogP contribution in [-0.2, 0) is 9.47 Å². The van der Waals surface area contributed by atoms with Crippen LogP contribution in [0.4, 0.5) is 0 Å². The Bertz CT molecular complexity index is 266. The van der Waals surface area contributed by atoms with E-state index in [-0.39, 0.29) is 18.3 Å². The van der Waals surface area contributed by atoms with Gasteiger partial charge >= 0.3 is 0 Å². The zero-order valence-electron chi connectivity index (χ0n) is 11.0. The molecule has 3 heteroatoms. The van der Waals surface area contributed by atoms with E-state index in [1.807, 2.05) is 26.8 Å². The Morgan fingerprint density at radius 1 is 1.31 bits per heavy atom. The van der Waals surface area contributed by atoms with E-state index in [1.54, 1.807) is 0 Å². The van der Waals surface area contributed by atoms with Crippen molar-refractivity contribution in [3.05, 3.63) is 11.6 Å². The van der Waals surface area contributed by atoms with Gasteiger partial charge in [0.15, 0.2) is 5.79 Å². The third-order valence-corrected chi connectivity index (χ3v) is 2.95. The summed E-state index contributed by atoms with van der Waals surface area (Å²) in [7, 11) is 0. The average molecular weight is 228 g/mol. The van der Waals surface area contributed by atoms with E-state index < -0.39 is 5.79 Å². The zero-order chi connectivity index (χ0) is 12.4. The van der Waals surface area contributed by atoms with E-state index >= 15 is 0 Å². The first kappa shape index (κ1) is 13.7. The molecule has 1 unspecified atom stereocenters. The number of hydrogen-bond acceptors (Lipinski definition) is 3. The quantitative estimate of drug-likeness (QED) is 0.752. The third kappa shape index (κ3) is 3.58. The fraction of sp³-hybridized carbons (Fsp3) is 0.846. The van der Waals surface area contributed by atoms with Crippen LogP contribution in [0.3, 0.4) is 0 Å². The van der Waals surface area contributed by atoms with Crippen molar-refractivity contribution in [2.75, 3.05) is 6.61 Å². The molecule has 94 valence electrons. The van der Waals surface area contributed by atoms with Crippen LogP contribution in [0.25, 0.3) is 0 Å². The normalized spacial score (nSPS) is 28.4. The zero-order valence-corrected chi connectivity index (χ0v) is 11.0. The third-order valence-electron chi connectivity index (χ3n) is 2.95. The summed E-state index contributed by atoms with van der Waals surface area (Å²) in [5.74, 6) is -0.483. The average Bonchev–Trinajstić information content (AvgIpc) is 2.31. The number of aliphatic hydroxyl groups excluding tert-OH is 1. The predicted octanol–water partition coefficient (Wildman–Crippen LogP) is 2.64. The van der Waals surface area contributed by atoms with Gasteiger partial charge in [0.1, 0.15) is 0 Å². The van der Waals surface area contributed by atoms with Crippen LogP contribution in [-0.4, -0.2) is 29.2 Å². The predicted molar refractivity (Wildman–Crippen MR) is 64.2 cm³/mol. The maximum atomic E-state index is 8.78. The molecule has 0 saturated carbocycles. The fourth-order valence-electron chi connectivity index (χ4n) is 2.23. The highest BCUT2D eigenvalue weighted by molar-refractivity contribution is 5.00. The monoisotopic (exact) mass is 228 g/mol. The van der Waals surface area contributed by atoms with Gasteiger partial charge in [0, 0.05) is 0 Å². The van der Waals surface area contributed by atoms with Gasteiger partial charge in [0.25, 0.3) is 0 Å². The maximum absolute atomic E-state index is 8.78. The van der Waals surface area contributed by atoms with Crippen molar-refractivity contribution in [3.63, 3.8) is 0 Å². The van der Waals surface area contributed by atoms with Crippen LogP contribution in [0.1, 0.15) is 47.5 Å². The lowest BCUT2D eigenvalue weighted by atomic mass is 9.96. The topological polar surface area (TPSA) is 38.7 Å². The fourth-order valence-corrected chi connectivity index (χ4v) is 2.23. The van der Waals surface area contributed by atoms with Gasteiger partial charge in [0.05, 0.1) is 18.3 Å². The van der Waals surface area contributed by atoms with E-state index in [0.29, 0.717) is 0 Å². The minimum Gasteiger partial charge on any atom is -0.392 e. The van der Waals surface area contributed by atoms with Crippen LogP contribution in [0.5, 0.6) is 0 Å². The number of allylic oxidation sites excluding steroid dienone is 1. The molecule has 0 aromatic heterocycles. The largest absolute Gasteiger partial charge is 0.392 e. The van der Waals surface area contributed by atoms with Gasteiger partial charge in [-0.05, 0) is 47.5 Å². The molecule has 1 N–H and O–H groups in total. The van der Waals surface area contributed by atoms with E-state index in [1.165, 1.54) is 5.57 Å². The van der Waals surface area contributed by atoms with Crippen LogP contribution < -0.4 is 0 Å². The molecule has 3 nitrogen and oxygen atoms in total. The minimum atomic E-state index is -0.483. The summed E-state index contributed by atoms with van der Waals surface area (Å²) in [5.41, 5.74) is 0.967. The van der Waals surface area contributed by atoms with Crippen molar-refractivity contribution in [1.29, 1.82) is 0 Å². The van der Waals surface area contributed by atoms with Gasteiger partial charge in [-0.15, -0.1) is 0 Å². The molecule has 1 rings (SSSR count). The smallest absolute Gasteiger partial charge is 0.164 e. The second-order valence-corrected chi connectivity index (χ2v) is 5.48. The van der Waals surface area contributed by atoms with E-state index in [9.17, 15) is 0 Å². The molecule has 1 fully saturated rings. The summed E-state index contributed by atoms with van der Waals surface area (Å²) in [6.07, 6.45) is 3.82. The Morgan fingerprint density at radius 3 is 2.38 bits per heavy atom. The standard InChI is InChI=1S/C13H24O3/c1-10(8-9-14)6-7-11-12(2,3)16-13(4,5)15-11/h8,11,14H,6-7,9H2,1-5H3/b10-8+. The van der Waals surface area contributed by atoms with E-state index in [0.717, 1.165) is 12.8 Å². The summed E-state index contributed by atoms with van der Waals surface area (Å²) in [6, 6.07) is 0. The molecular weight excluding hydrogens is 204 g/mol. The van der Waals surface area contributed by atoms with Gasteiger partial charge in [-0.25, -0.2) is 0 Å². The van der Waals surface area contributed by atoms with Crippen molar-refractivity contribution < 1.29 is 14.6 Å². The highest BCUT2D eigenvalue weighted by atomic mass is 16.8.